The van der Waals surface area contributed by atoms with Gasteiger partial charge in [0.1, 0.15) is 0 Å². The number of hydrogen-bond acceptors (Lipinski definition) is 6. The Bertz CT molecular complexity index is 637. The average molecular weight is 495 g/mol. The number of amides is 2. The molecule has 3 rings (SSSR count). The van der Waals surface area contributed by atoms with Gasteiger partial charge in [-0.15, -0.1) is 0 Å². The Morgan fingerprint density at radius 2 is 1.74 bits per heavy atom. The molecule has 2 unspecified atom stereocenters. The number of piperidine rings is 1. The molecule has 0 spiro atoms. The van der Waals surface area contributed by atoms with E-state index in [0.29, 0.717) is 25.7 Å². The molecule has 3 aliphatic rings. The lowest BCUT2D eigenvalue weighted by atomic mass is 9.62. The Kier molecular flexibility index (Phi) is 12.1. The molecule has 0 radical (unpaired) electrons. The van der Waals surface area contributed by atoms with Gasteiger partial charge in [0.25, 0.3) is 0 Å². The highest BCUT2D eigenvalue weighted by Gasteiger charge is 2.49. The van der Waals surface area contributed by atoms with Gasteiger partial charge in [-0.05, 0) is 50.5 Å². The van der Waals surface area contributed by atoms with Crippen molar-refractivity contribution >= 4 is 12.0 Å². The molecule has 3 fully saturated rings. The van der Waals surface area contributed by atoms with Gasteiger partial charge in [-0.1, -0.05) is 51.4 Å². The number of rotatable bonds is 12. The highest BCUT2D eigenvalue weighted by atomic mass is 16.5. The van der Waals surface area contributed by atoms with Gasteiger partial charge in [-0.2, -0.15) is 0 Å². The van der Waals surface area contributed by atoms with Crippen LogP contribution in [0, 0.1) is 23.2 Å². The zero-order valence-corrected chi connectivity index (χ0v) is 22.2. The summed E-state index contributed by atoms with van der Waals surface area (Å²) >= 11 is 0. The van der Waals surface area contributed by atoms with Crippen LogP contribution in [0.5, 0.6) is 0 Å². The number of nitrogens with one attached hydrogen (secondary N) is 4. The normalized spacial score (nSPS) is 27.2. The first-order chi connectivity index (χ1) is 17.1. The second-order valence-electron chi connectivity index (χ2n) is 11.2. The fraction of sp³-hybridized carbons (Fsp3) is 0.926. The van der Waals surface area contributed by atoms with Gasteiger partial charge >= 0.3 is 6.09 Å². The lowest BCUT2D eigenvalue weighted by Crippen LogP contribution is -2.59. The van der Waals surface area contributed by atoms with Crippen LogP contribution < -0.4 is 21.3 Å². The second-order valence-corrected chi connectivity index (χ2v) is 11.2. The fourth-order valence-corrected chi connectivity index (χ4v) is 6.74. The minimum Gasteiger partial charge on any atom is -0.453 e. The van der Waals surface area contributed by atoms with E-state index >= 15 is 0 Å². The molecule has 1 heterocycles. The Labute approximate surface area is 212 Å². The molecular formula is C27H50N4O4. The second kappa shape index (κ2) is 15.0. The molecule has 0 aromatic heterocycles. The molecule has 8 heteroatoms. The van der Waals surface area contributed by atoms with Gasteiger partial charge in [0.15, 0.2) is 0 Å². The van der Waals surface area contributed by atoms with Gasteiger partial charge in [-0.3, -0.25) is 4.79 Å². The van der Waals surface area contributed by atoms with E-state index in [1.165, 1.54) is 58.5 Å². The maximum atomic E-state index is 14.1. The van der Waals surface area contributed by atoms with E-state index in [-0.39, 0.29) is 23.3 Å². The number of ether oxygens (including phenoxy) is 2. The number of alkyl carbamates (subject to hydrolysis) is 1. The predicted molar refractivity (Wildman–Crippen MR) is 138 cm³/mol. The molecule has 202 valence electrons. The molecular weight excluding hydrogens is 444 g/mol. The summed E-state index contributed by atoms with van der Waals surface area (Å²) < 4.78 is 10.5. The maximum Gasteiger partial charge on any atom is 0.406 e. The third-order valence-electron chi connectivity index (χ3n) is 8.55. The molecule has 8 nitrogen and oxygen atoms in total. The molecule has 35 heavy (non-hydrogen) atoms. The van der Waals surface area contributed by atoms with Crippen LogP contribution in [0.3, 0.4) is 0 Å². The smallest absolute Gasteiger partial charge is 0.406 e. The third kappa shape index (κ3) is 8.60. The third-order valence-corrected chi connectivity index (χ3v) is 8.55. The van der Waals surface area contributed by atoms with Gasteiger partial charge in [-0.25, -0.2) is 4.79 Å². The SMILES string of the molecule is CNC[C@@H](CC1CCCCC1)NC(=O)C1(C2CCCCC2)CNCC(COCCNC(=O)OC)C1. The van der Waals surface area contributed by atoms with E-state index < -0.39 is 6.09 Å². The first kappa shape index (κ1) is 28.2. The monoisotopic (exact) mass is 494 g/mol. The molecule has 2 aliphatic carbocycles. The first-order valence-corrected chi connectivity index (χ1v) is 14.1. The van der Waals surface area contributed by atoms with Crippen molar-refractivity contribution in [2.24, 2.45) is 23.2 Å². The minimum absolute atomic E-state index is 0.192. The Hall–Kier alpha value is -1.38. The molecule has 0 bridgehead atoms. The summed E-state index contributed by atoms with van der Waals surface area (Å²) in [6, 6.07) is 0.192. The van der Waals surface area contributed by atoms with Crippen LogP contribution in [0.2, 0.25) is 0 Å². The van der Waals surface area contributed by atoms with Crippen LogP contribution in [0.25, 0.3) is 0 Å². The molecule has 0 aromatic rings. The molecule has 4 N–H and O–H groups in total. The molecule has 2 amide bonds. The van der Waals surface area contributed by atoms with E-state index in [1.807, 2.05) is 7.05 Å². The summed E-state index contributed by atoms with van der Waals surface area (Å²) in [6.45, 7) is 3.93. The zero-order chi connectivity index (χ0) is 24.9. The number of carbonyl (C=O) groups excluding carboxylic acids is 2. The molecule has 2 saturated carbocycles. The lowest BCUT2D eigenvalue weighted by molar-refractivity contribution is -0.139. The largest absolute Gasteiger partial charge is 0.453 e. The fourth-order valence-electron chi connectivity index (χ4n) is 6.74. The summed E-state index contributed by atoms with van der Waals surface area (Å²) in [5, 5.41) is 13.1. The van der Waals surface area contributed by atoms with Crippen molar-refractivity contribution in [2.45, 2.75) is 83.1 Å². The predicted octanol–water partition coefficient (Wildman–Crippen LogP) is 3.21. The van der Waals surface area contributed by atoms with Gasteiger partial charge < -0.3 is 30.7 Å². The Morgan fingerprint density at radius 1 is 1.03 bits per heavy atom. The van der Waals surface area contributed by atoms with E-state index in [4.69, 9.17) is 4.74 Å². The number of carbonyl (C=O) groups is 2. The summed E-state index contributed by atoms with van der Waals surface area (Å²) in [4.78, 5) is 25.3. The van der Waals surface area contributed by atoms with Crippen molar-refractivity contribution in [1.82, 2.24) is 21.3 Å². The highest BCUT2D eigenvalue weighted by molar-refractivity contribution is 5.84. The van der Waals surface area contributed by atoms with Crippen LogP contribution >= 0.6 is 0 Å². The van der Waals surface area contributed by atoms with E-state index in [9.17, 15) is 9.59 Å². The van der Waals surface area contributed by atoms with E-state index in [2.05, 4.69) is 26.0 Å². The molecule has 0 aromatic carbocycles. The topological polar surface area (TPSA) is 101 Å². The van der Waals surface area contributed by atoms with Crippen LogP contribution in [-0.2, 0) is 14.3 Å². The summed E-state index contributed by atoms with van der Waals surface area (Å²) in [5.41, 5.74) is -0.366. The van der Waals surface area contributed by atoms with Gasteiger partial charge in [0, 0.05) is 32.2 Å². The zero-order valence-electron chi connectivity index (χ0n) is 22.2. The summed E-state index contributed by atoms with van der Waals surface area (Å²) in [5.74, 6) is 1.70. The van der Waals surface area contributed by atoms with Crippen molar-refractivity contribution in [2.75, 3.05) is 53.6 Å². The van der Waals surface area contributed by atoms with Crippen LogP contribution in [0.1, 0.15) is 77.0 Å². The summed E-state index contributed by atoms with van der Waals surface area (Å²) in [6.07, 6.45) is 14.2. The lowest BCUT2D eigenvalue weighted by Gasteiger charge is -2.47. The molecule has 1 aliphatic heterocycles. The summed E-state index contributed by atoms with van der Waals surface area (Å²) in [7, 11) is 3.34. The van der Waals surface area contributed by atoms with Crippen LogP contribution in [0.4, 0.5) is 4.79 Å². The maximum absolute atomic E-state index is 14.1. The Balaban J connectivity index is 1.62. The van der Waals surface area contributed by atoms with Crippen molar-refractivity contribution < 1.29 is 19.1 Å². The minimum atomic E-state index is -0.440. The van der Waals surface area contributed by atoms with Gasteiger partial charge in [0.05, 0.1) is 25.7 Å². The van der Waals surface area contributed by atoms with Gasteiger partial charge in [0.2, 0.25) is 5.91 Å². The van der Waals surface area contributed by atoms with Crippen molar-refractivity contribution in [3.8, 4) is 0 Å². The van der Waals surface area contributed by atoms with Crippen LogP contribution in [0.15, 0.2) is 0 Å². The standard InChI is InChI=1S/C27H50N4O4/c1-28-18-24(15-21-9-5-3-6-10-21)31-25(32)27(23-11-7-4-8-12-23)16-22(17-29-20-27)19-35-14-13-30-26(33)34-2/h21-24,28-29H,3-20H2,1-2H3,(H,30,33)(H,31,32)/t22?,24-,27?/m1/s1. The first-order valence-electron chi connectivity index (χ1n) is 14.1. The van der Waals surface area contributed by atoms with E-state index in [1.54, 1.807) is 0 Å². The van der Waals surface area contributed by atoms with Crippen molar-refractivity contribution in [3.63, 3.8) is 0 Å². The molecule has 3 atom stereocenters. The van der Waals surface area contributed by atoms with Crippen molar-refractivity contribution in [1.29, 1.82) is 0 Å². The number of hydrogen-bond donors (Lipinski definition) is 4. The number of methoxy groups -OCH3 is 1. The highest BCUT2D eigenvalue weighted by Crippen LogP contribution is 2.45. The molecule has 1 saturated heterocycles. The average Bonchev–Trinajstić information content (AvgIpc) is 2.89. The van der Waals surface area contributed by atoms with Crippen molar-refractivity contribution in [3.05, 3.63) is 0 Å². The quantitative estimate of drug-likeness (QED) is 0.311. The van der Waals surface area contributed by atoms with E-state index in [0.717, 1.165) is 51.2 Å². The van der Waals surface area contributed by atoms with Crippen LogP contribution in [-0.4, -0.2) is 71.6 Å². The Morgan fingerprint density at radius 3 is 2.43 bits per heavy atom. The number of likely N-dealkylation sites (N-methyl/N-ethyl adjacent to an activating group) is 1.